The van der Waals surface area contributed by atoms with Crippen LogP contribution in [0, 0.1) is 11.8 Å². The van der Waals surface area contributed by atoms with Crippen molar-refractivity contribution in [3.63, 3.8) is 0 Å². The average Bonchev–Trinajstić information content (AvgIpc) is 2.69. The van der Waals surface area contributed by atoms with Crippen LogP contribution in [0.2, 0.25) is 0 Å². The lowest BCUT2D eigenvalue weighted by molar-refractivity contribution is -0.142. The lowest BCUT2D eigenvalue weighted by atomic mass is 10.0. The Morgan fingerprint density at radius 3 is 2.39 bits per heavy atom. The highest BCUT2D eigenvalue weighted by Crippen LogP contribution is 2.26. The van der Waals surface area contributed by atoms with E-state index >= 15 is 0 Å². The Morgan fingerprint density at radius 2 is 1.87 bits per heavy atom. The zero-order chi connectivity index (χ0) is 23.4. The molecule has 2 rings (SSSR count). The third-order valence-electron chi connectivity index (χ3n) is 4.74. The molecule has 2 atom stereocenters. The molecule has 1 aliphatic rings. The molecule has 31 heavy (non-hydrogen) atoms. The second-order valence-electron chi connectivity index (χ2n) is 7.61. The van der Waals surface area contributed by atoms with Crippen LogP contribution >= 0.6 is 0 Å². The minimum absolute atomic E-state index is 0.0132. The minimum Gasteiger partial charge on any atom is -0.481 e. The van der Waals surface area contributed by atoms with Gasteiger partial charge < -0.3 is 14.7 Å². The number of nitrogens with one attached hydrogen (secondary N) is 1. The molecule has 11 heteroatoms. The second kappa shape index (κ2) is 9.65. The summed E-state index contributed by atoms with van der Waals surface area (Å²) in [6.45, 7) is 6.00. The highest BCUT2D eigenvalue weighted by atomic mass is 32.2. The Hall–Kier alpha value is -2.65. The first-order valence-electron chi connectivity index (χ1n) is 9.57. The summed E-state index contributed by atoms with van der Waals surface area (Å²) in [7, 11) is -4.10. The number of nitrogens with zero attached hydrogens (tertiary/aromatic N) is 2. The van der Waals surface area contributed by atoms with Gasteiger partial charge in [-0.15, -0.1) is 0 Å². The number of hydrogen-bond acceptors (Lipinski definition) is 7. The number of aliphatic hydroxyl groups is 1. The third kappa shape index (κ3) is 5.95. The van der Waals surface area contributed by atoms with Gasteiger partial charge in [0.25, 0.3) is 5.91 Å². The summed E-state index contributed by atoms with van der Waals surface area (Å²) in [5.41, 5.74) is 0.356. The van der Waals surface area contributed by atoms with Gasteiger partial charge in [0, 0.05) is 20.0 Å². The average molecular weight is 454 g/mol. The van der Waals surface area contributed by atoms with E-state index in [1.165, 1.54) is 41.6 Å². The molecule has 10 nitrogen and oxygen atoms in total. The molecule has 0 bridgehead atoms. The van der Waals surface area contributed by atoms with E-state index in [1.54, 1.807) is 20.8 Å². The topological polar surface area (TPSA) is 136 Å². The Kier molecular flexibility index (Phi) is 7.67. The predicted octanol–water partition coefficient (Wildman–Crippen LogP) is -0.0450. The van der Waals surface area contributed by atoms with Gasteiger partial charge in [0.05, 0.1) is 10.9 Å². The fourth-order valence-electron chi connectivity index (χ4n) is 3.31. The number of piperazine rings is 1. The summed E-state index contributed by atoms with van der Waals surface area (Å²) in [4.78, 5) is 25.4. The zero-order valence-corrected chi connectivity index (χ0v) is 18.6. The van der Waals surface area contributed by atoms with Crippen LogP contribution < -0.4 is 10.2 Å². The number of carbonyl (C=O) groups is 2. The van der Waals surface area contributed by atoms with Crippen molar-refractivity contribution in [2.24, 2.45) is 0 Å². The summed E-state index contributed by atoms with van der Waals surface area (Å²) < 4.78 is 32.8. The first kappa shape index (κ1) is 24.6. The first-order valence-corrected chi connectivity index (χ1v) is 11.0. The maximum Gasteiger partial charge on any atom is 0.263 e. The number of hydrogen-bond donors (Lipinski definition) is 3. The second-order valence-corrected chi connectivity index (χ2v) is 9.50. The lowest BCUT2D eigenvalue weighted by Crippen LogP contribution is -2.65. The number of sulfonamides is 1. The maximum absolute atomic E-state index is 13.2. The van der Waals surface area contributed by atoms with Gasteiger partial charge in [-0.1, -0.05) is 11.8 Å². The summed E-state index contributed by atoms with van der Waals surface area (Å²) in [6, 6.07) is 3.52. The molecule has 0 spiro atoms. The molecule has 0 aliphatic carbocycles. The number of amides is 2. The van der Waals surface area contributed by atoms with Gasteiger partial charge in [-0.25, -0.2) is 13.9 Å². The van der Waals surface area contributed by atoms with Gasteiger partial charge in [0.15, 0.2) is 0 Å². The van der Waals surface area contributed by atoms with Crippen LogP contribution in [0.3, 0.4) is 0 Å². The van der Waals surface area contributed by atoms with Gasteiger partial charge in [0.1, 0.15) is 24.0 Å². The van der Waals surface area contributed by atoms with Crippen molar-refractivity contribution >= 4 is 21.8 Å². The van der Waals surface area contributed by atoms with Crippen LogP contribution in [-0.2, 0) is 19.6 Å². The summed E-state index contributed by atoms with van der Waals surface area (Å²) in [5, 5.41) is 18.6. The van der Waals surface area contributed by atoms with E-state index in [9.17, 15) is 23.1 Å². The molecule has 0 aromatic heterocycles. The standard InChI is InChI=1S/C20H27N3O7S/c1-14-18(19(25)21-27)23(12-11-22(14)15(2)24)31(28,29)17-8-6-16(7-9-17)30-13-5-10-20(3,4)26/h6-9,14,18,26-27H,11-13H2,1-4H3,(H,21,25). The number of hydroxylamine groups is 1. The monoisotopic (exact) mass is 453 g/mol. The van der Waals surface area contributed by atoms with E-state index < -0.39 is 33.6 Å². The number of carbonyl (C=O) groups excluding carboxylic acids is 2. The maximum atomic E-state index is 13.2. The van der Waals surface area contributed by atoms with Crippen LogP contribution in [0.1, 0.15) is 27.7 Å². The molecule has 1 heterocycles. The van der Waals surface area contributed by atoms with Gasteiger partial charge >= 0.3 is 0 Å². The van der Waals surface area contributed by atoms with Crippen LogP contribution in [0.5, 0.6) is 5.75 Å². The number of ether oxygens (including phenoxy) is 1. The van der Waals surface area contributed by atoms with Crippen molar-refractivity contribution in [3.8, 4) is 17.6 Å². The Bertz CT molecular complexity index is 975. The van der Waals surface area contributed by atoms with Gasteiger partial charge in [-0.05, 0) is 45.0 Å². The summed E-state index contributed by atoms with van der Waals surface area (Å²) >= 11 is 0. The first-order chi connectivity index (χ1) is 14.4. The molecule has 2 amide bonds. The molecular formula is C20H27N3O7S. The van der Waals surface area contributed by atoms with Crippen molar-refractivity contribution in [2.45, 2.75) is 50.3 Å². The number of benzene rings is 1. The molecule has 1 saturated heterocycles. The summed E-state index contributed by atoms with van der Waals surface area (Å²) in [5.74, 6) is 4.42. The summed E-state index contributed by atoms with van der Waals surface area (Å²) in [6.07, 6.45) is 0. The fraction of sp³-hybridized carbons (Fsp3) is 0.500. The van der Waals surface area contributed by atoms with Crippen LogP contribution in [0.15, 0.2) is 29.2 Å². The van der Waals surface area contributed by atoms with E-state index in [4.69, 9.17) is 9.94 Å². The third-order valence-corrected chi connectivity index (χ3v) is 6.63. The van der Waals surface area contributed by atoms with Crippen molar-refractivity contribution in [3.05, 3.63) is 24.3 Å². The van der Waals surface area contributed by atoms with Crippen LogP contribution in [0.4, 0.5) is 0 Å². The lowest BCUT2D eigenvalue weighted by Gasteiger charge is -2.43. The fourth-order valence-corrected chi connectivity index (χ4v) is 4.95. The van der Waals surface area contributed by atoms with E-state index in [1.807, 2.05) is 0 Å². The molecule has 1 aromatic rings. The van der Waals surface area contributed by atoms with Crippen molar-refractivity contribution in [1.82, 2.24) is 14.7 Å². The molecule has 170 valence electrons. The largest absolute Gasteiger partial charge is 0.481 e. The number of rotatable bonds is 5. The van der Waals surface area contributed by atoms with Gasteiger partial charge in [0.2, 0.25) is 15.9 Å². The highest BCUT2D eigenvalue weighted by molar-refractivity contribution is 7.89. The Morgan fingerprint density at radius 1 is 1.26 bits per heavy atom. The predicted molar refractivity (Wildman–Crippen MR) is 110 cm³/mol. The molecule has 0 saturated carbocycles. The zero-order valence-electron chi connectivity index (χ0n) is 17.8. The molecule has 2 unspecified atom stereocenters. The Balaban J connectivity index is 2.23. The van der Waals surface area contributed by atoms with Crippen molar-refractivity contribution in [1.29, 1.82) is 0 Å². The van der Waals surface area contributed by atoms with Crippen molar-refractivity contribution < 1.29 is 33.1 Å². The normalized spacial score (nSPS) is 19.9. The van der Waals surface area contributed by atoms with Gasteiger partial charge in [-0.2, -0.15) is 4.31 Å². The van der Waals surface area contributed by atoms with E-state index in [2.05, 4.69) is 11.8 Å². The van der Waals surface area contributed by atoms with Gasteiger partial charge in [-0.3, -0.25) is 14.8 Å². The Labute approximate surface area is 181 Å². The van der Waals surface area contributed by atoms with Crippen LogP contribution in [-0.4, -0.2) is 77.1 Å². The SMILES string of the molecule is CC(=O)N1CCN(S(=O)(=O)c2ccc(OCC#CC(C)(C)O)cc2)C(C(=O)NO)C1C. The molecular weight excluding hydrogens is 426 g/mol. The van der Waals surface area contributed by atoms with E-state index in [0.717, 1.165) is 4.31 Å². The van der Waals surface area contributed by atoms with Crippen LogP contribution in [0.25, 0.3) is 0 Å². The highest BCUT2D eigenvalue weighted by Gasteiger charge is 2.45. The van der Waals surface area contributed by atoms with E-state index in [-0.39, 0.29) is 30.5 Å². The molecule has 1 aliphatic heterocycles. The minimum atomic E-state index is -4.10. The molecule has 1 fully saturated rings. The van der Waals surface area contributed by atoms with E-state index in [0.29, 0.717) is 5.75 Å². The van der Waals surface area contributed by atoms with Crippen molar-refractivity contribution in [2.75, 3.05) is 19.7 Å². The smallest absolute Gasteiger partial charge is 0.263 e. The quantitative estimate of drug-likeness (QED) is 0.323. The molecule has 1 aromatic carbocycles. The molecule has 0 radical (unpaired) electrons. The molecule has 3 N–H and O–H groups in total.